The van der Waals surface area contributed by atoms with Gasteiger partial charge >= 0.3 is 0 Å². The fraction of sp³-hybridized carbons (Fsp3) is 1.00. The lowest BCUT2D eigenvalue weighted by atomic mass is 10.4. The second kappa shape index (κ2) is 15.7. The molecule has 3 N–H and O–H groups in total. The minimum atomic E-state index is -0.125. The maximum atomic E-state index is 8.07. The second-order valence-corrected chi connectivity index (χ2v) is 1.52. The molecular weight excluding hydrogens is 120 g/mol. The Hall–Kier alpha value is -0.120. The molecule has 0 saturated heterocycles. The van der Waals surface area contributed by atoms with Crippen molar-refractivity contribution in [2.45, 2.75) is 19.8 Å². The summed E-state index contributed by atoms with van der Waals surface area (Å²) < 4.78 is 0. The van der Waals surface area contributed by atoms with E-state index >= 15 is 0 Å². The molecule has 0 aromatic carbocycles. The van der Waals surface area contributed by atoms with Gasteiger partial charge in [-0.15, -0.1) is 0 Å². The Balaban J connectivity index is 0. The third kappa shape index (κ3) is 32.8. The molecule has 0 aliphatic heterocycles. The van der Waals surface area contributed by atoms with Crippen molar-refractivity contribution in [3.05, 3.63) is 0 Å². The molecule has 0 spiro atoms. The van der Waals surface area contributed by atoms with Crippen LogP contribution < -0.4 is 0 Å². The summed E-state index contributed by atoms with van der Waals surface area (Å²) >= 11 is 0. The number of unbranched alkanes of at least 4 members (excludes halogenated alkanes) is 1. The van der Waals surface area contributed by atoms with Crippen molar-refractivity contribution < 1.29 is 15.3 Å². The van der Waals surface area contributed by atoms with Gasteiger partial charge in [0, 0.05) is 6.61 Å². The number of aliphatic hydroxyl groups excluding tert-OH is 3. The van der Waals surface area contributed by atoms with E-state index in [1.807, 2.05) is 0 Å². The summed E-state index contributed by atoms with van der Waals surface area (Å²) in [5, 5.41) is 23.3. The van der Waals surface area contributed by atoms with Gasteiger partial charge in [-0.05, 0) is 6.42 Å². The summed E-state index contributed by atoms with van der Waals surface area (Å²) in [5.41, 5.74) is 0. The fourth-order valence-electron chi connectivity index (χ4n) is 0.158. The van der Waals surface area contributed by atoms with Crippen molar-refractivity contribution in [3.63, 3.8) is 0 Å². The van der Waals surface area contributed by atoms with Crippen molar-refractivity contribution in [3.8, 4) is 0 Å². The SMILES string of the molecule is CCCCO.OCCO. The van der Waals surface area contributed by atoms with E-state index in [4.69, 9.17) is 15.3 Å². The van der Waals surface area contributed by atoms with Gasteiger partial charge in [0.15, 0.2) is 0 Å². The first-order valence-corrected chi connectivity index (χ1v) is 3.16. The summed E-state index contributed by atoms with van der Waals surface area (Å²) in [6, 6.07) is 0. The van der Waals surface area contributed by atoms with Crippen LogP contribution in [0.4, 0.5) is 0 Å². The Bertz CT molecular complexity index is 27.5. The highest BCUT2D eigenvalue weighted by molar-refractivity contribution is 4.23. The normalized spacial score (nSPS) is 8.00. The molecule has 58 valence electrons. The minimum absolute atomic E-state index is 0.125. The standard InChI is InChI=1S/C4H10O.C2H6O2/c1-2-3-4-5;3-1-2-4/h5H,2-4H2,1H3;3-4H,1-2H2. The lowest BCUT2D eigenvalue weighted by Crippen LogP contribution is -1.85. The average Bonchev–Trinajstić information content (AvgIpc) is 1.91. The number of rotatable bonds is 3. The molecular formula is C6H16O3. The quantitative estimate of drug-likeness (QED) is 0.501. The maximum absolute atomic E-state index is 8.07. The van der Waals surface area contributed by atoms with E-state index in [0.717, 1.165) is 12.8 Å². The van der Waals surface area contributed by atoms with Crippen LogP contribution in [0.2, 0.25) is 0 Å². The zero-order valence-corrected chi connectivity index (χ0v) is 5.88. The molecule has 0 aromatic rings. The molecule has 0 aromatic heterocycles. The highest BCUT2D eigenvalue weighted by atomic mass is 16.3. The first-order chi connectivity index (χ1) is 4.33. The van der Waals surface area contributed by atoms with Crippen molar-refractivity contribution in [1.29, 1.82) is 0 Å². The Morgan fingerprint density at radius 2 is 1.33 bits per heavy atom. The van der Waals surface area contributed by atoms with Crippen LogP contribution in [0.15, 0.2) is 0 Å². The Kier molecular flexibility index (Phi) is 20.3. The molecule has 3 heteroatoms. The molecule has 0 bridgehead atoms. The highest BCUT2D eigenvalue weighted by Gasteiger charge is 1.69. The van der Waals surface area contributed by atoms with Gasteiger partial charge in [0.25, 0.3) is 0 Å². The summed E-state index contributed by atoms with van der Waals surface area (Å²) in [7, 11) is 0. The fourth-order valence-corrected chi connectivity index (χ4v) is 0.158. The number of hydrogen-bond donors (Lipinski definition) is 3. The molecule has 0 aliphatic rings. The van der Waals surface area contributed by atoms with E-state index in [-0.39, 0.29) is 13.2 Å². The van der Waals surface area contributed by atoms with Gasteiger partial charge in [0.2, 0.25) is 0 Å². The van der Waals surface area contributed by atoms with Crippen LogP contribution in [0.25, 0.3) is 0 Å². The first kappa shape index (κ1) is 11.6. The summed E-state index contributed by atoms with van der Waals surface area (Å²) in [4.78, 5) is 0. The van der Waals surface area contributed by atoms with Gasteiger partial charge in [-0.3, -0.25) is 0 Å². The monoisotopic (exact) mass is 136 g/mol. The van der Waals surface area contributed by atoms with Crippen molar-refractivity contribution >= 4 is 0 Å². The van der Waals surface area contributed by atoms with Gasteiger partial charge < -0.3 is 15.3 Å². The summed E-state index contributed by atoms with van der Waals surface area (Å²) in [6.45, 7) is 2.15. The van der Waals surface area contributed by atoms with Gasteiger partial charge in [-0.1, -0.05) is 13.3 Å². The number of aliphatic hydroxyl groups is 3. The Morgan fingerprint density at radius 1 is 0.889 bits per heavy atom. The third-order valence-electron chi connectivity index (χ3n) is 0.612. The third-order valence-corrected chi connectivity index (χ3v) is 0.612. The second-order valence-electron chi connectivity index (χ2n) is 1.52. The molecule has 0 amide bonds. The van der Waals surface area contributed by atoms with E-state index in [2.05, 4.69) is 6.92 Å². The highest BCUT2D eigenvalue weighted by Crippen LogP contribution is 1.78. The smallest absolute Gasteiger partial charge is 0.0662 e. The molecule has 0 aliphatic carbocycles. The molecule has 0 radical (unpaired) electrons. The maximum Gasteiger partial charge on any atom is 0.0662 e. The minimum Gasteiger partial charge on any atom is -0.396 e. The van der Waals surface area contributed by atoms with Crippen LogP contribution in [-0.2, 0) is 0 Å². The van der Waals surface area contributed by atoms with Gasteiger partial charge in [0.1, 0.15) is 0 Å². The zero-order valence-electron chi connectivity index (χ0n) is 5.88. The molecule has 0 heterocycles. The Labute approximate surface area is 56.0 Å². The lowest BCUT2D eigenvalue weighted by molar-refractivity contribution is 0.186. The van der Waals surface area contributed by atoms with E-state index < -0.39 is 0 Å². The molecule has 0 rings (SSSR count). The molecule has 0 unspecified atom stereocenters. The van der Waals surface area contributed by atoms with Crippen molar-refractivity contribution in [2.75, 3.05) is 19.8 Å². The molecule has 9 heavy (non-hydrogen) atoms. The van der Waals surface area contributed by atoms with E-state index in [9.17, 15) is 0 Å². The Morgan fingerprint density at radius 3 is 1.33 bits per heavy atom. The zero-order chi connectivity index (χ0) is 7.54. The average molecular weight is 136 g/mol. The van der Waals surface area contributed by atoms with Gasteiger partial charge in [-0.2, -0.15) is 0 Å². The molecule has 0 atom stereocenters. The first-order valence-electron chi connectivity index (χ1n) is 3.16. The van der Waals surface area contributed by atoms with E-state index in [1.54, 1.807) is 0 Å². The largest absolute Gasteiger partial charge is 0.396 e. The van der Waals surface area contributed by atoms with Crippen LogP contribution in [0, 0.1) is 0 Å². The molecule has 3 nitrogen and oxygen atoms in total. The van der Waals surface area contributed by atoms with Gasteiger partial charge in [0.05, 0.1) is 13.2 Å². The molecule has 0 saturated carbocycles. The lowest BCUT2D eigenvalue weighted by Gasteiger charge is -1.79. The van der Waals surface area contributed by atoms with E-state index in [1.165, 1.54) is 0 Å². The summed E-state index contributed by atoms with van der Waals surface area (Å²) in [5.74, 6) is 0. The van der Waals surface area contributed by atoms with Crippen molar-refractivity contribution in [2.24, 2.45) is 0 Å². The summed E-state index contributed by atoms with van der Waals surface area (Å²) in [6.07, 6.45) is 2.04. The predicted molar refractivity (Wildman–Crippen MR) is 36.2 cm³/mol. The number of hydrogen-bond acceptors (Lipinski definition) is 3. The van der Waals surface area contributed by atoms with Crippen LogP contribution in [0.1, 0.15) is 19.8 Å². The van der Waals surface area contributed by atoms with E-state index in [0.29, 0.717) is 6.61 Å². The topological polar surface area (TPSA) is 60.7 Å². The molecule has 0 fully saturated rings. The predicted octanol–water partition coefficient (Wildman–Crippen LogP) is -0.250. The van der Waals surface area contributed by atoms with Crippen LogP contribution in [0.3, 0.4) is 0 Å². The van der Waals surface area contributed by atoms with Crippen LogP contribution >= 0.6 is 0 Å². The van der Waals surface area contributed by atoms with Crippen LogP contribution in [0.5, 0.6) is 0 Å². The van der Waals surface area contributed by atoms with Crippen molar-refractivity contribution in [1.82, 2.24) is 0 Å². The van der Waals surface area contributed by atoms with Gasteiger partial charge in [-0.25, -0.2) is 0 Å². The van der Waals surface area contributed by atoms with Crippen LogP contribution in [-0.4, -0.2) is 35.1 Å².